The largest absolute Gasteiger partial charge is 0.467 e. The maximum absolute atomic E-state index is 13.1. The average molecular weight is 375 g/mol. The van der Waals surface area contributed by atoms with E-state index in [1.807, 2.05) is 6.92 Å². The number of nitrogens with one attached hydrogen (secondary N) is 1. The molecule has 9 nitrogen and oxygen atoms in total. The first-order valence-electron chi connectivity index (χ1n) is 9.07. The Morgan fingerprint density at radius 3 is 2.93 bits per heavy atom. The monoisotopic (exact) mass is 375 g/mol. The van der Waals surface area contributed by atoms with Crippen LogP contribution in [0.15, 0.2) is 12.1 Å². The molecular formula is C18H21N3O6. The van der Waals surface area contributed by atoms with Gasteiger partial charge in [0, 0.05) is 23.3 Å². The Balaban J connectivity index is 1.68. The summed E-state index contributed by atoms with van der Waals surface area (Å²) in [6, 6.07) is 2.30. The number of carbonyl (C=O) groups excluding carboxylic acids is 2. The number of amides is 3. The molecule has 1 saturated carbocycles. The first-order valence-corrected chi connectivity index (χ1v) is 9.07. The fourth-order valence-electron chi connectivity index (χ4n) is 4.31. The smallest absolute Gasteiger partial charge is 0.325 e. The van der Waals surface area contributed by atoms with Gasteiger partial charge < -0.3 is 14.8 Å². The molecule has 0 unspecified atom stereocenters. The molecule has 3 aliphatic rings. The molecule has 2 fully saturated rings. The Kier molecular flexibility index (Phi) is 4.26. The topological polar surface area (TPSA) is 111 Å². The van der Waals surface area contributed by atoms with Gasteiger partial charge in [-0.05, 0) is 18.8 Å². The van der Waals surface area contributed by atoms with Gasteiger partial charge in [0.1, 0.15) is 11.3 Å². The summed E-state index contributed by atoms with van der Waals surface area (Å²) in [4.78, 5) is 37.6. The van der Waals surface area contributed by atoms with Gasteiger partial charge in [-0.1, -0.05) is 19.8 Å². The molecule has 1 aromatic carbocycles. The zero-order valence-electron chi connectivity index (χ0n) is 15.0. The van der Waals surface area contributed by atoms with Crippen LogP contribution in [0.1, 0.15) is 43.7 Å². The molecule has 0 bridgehead atoms. The first-order chi connectivity index (χ1) is 12.9. The lowest BCUT2D eigenvalue weighted by molar-refractivity contribution is -0.385. The third kappa shape index (κ3) is 2.82. The standard InChI is InChI=1S/C18H21N3O6/c1-11-4-2-3-5-18(11)16(22)20(17(23)19-18)8-12-6-14(21(24)25)7-13-9-26-10-27-15(12)13/h6-7,11H,2-5,8-10H2,1H3,(H,19,23)/t11-,18-/m1/s1. The number of fused-ring (bicyclic) bond motifs is 1. The van der Waals surface area contributed by atoms with Crippen LogP contribution in [0.4, 0.5) is 10.5 Å². The molecule has 1 N–H and O–H groups in total. The van der Waals surface area contributed by atoms with Crippen LogP contribution in [-0.4, -0.2) is 34.1 Å². The van der Waals surface area contributed by atoms with Crippen LogP contribution in [0, 0.1) is 16.0 Å². The molecule has 1 saturated heterocycles. The van der Waals surface area contributed by atoms with E-state index in [9.17, 15) is 19.7 Å². The highest BCUT2D eigenvalue weighted by atomic mass is 16.7. The molecule has 2 heterocycles. The van der Waals surface area contributed by atoms with Crippen molar-refractivity contribution < 1.29 is 24.0 Å². The number of nitrogens with zero attached hydrogens (tertiary/aromatic N) is 2. The fraction of sp³-hybridized carbons (Fsp3) is 0.556. The fourth-order valence-corrected chi connectivity index (χ4v) is 4.31. The second kappa shape index (κ2) is 6.49. The van der Waals surface area contributed by atoms with Crippen molar-refractivity contribution in [3.63, 3.8) is 0 Å². The van der Waals surface area contributed by atoms with Gasteiger partial charge in [0.25, 0.3) is 11.6 Å². The van der Waals surface area contributed by atoms with E-state index in [-0.39, 0.29) is 37.5 Å². The molecule has 2 atom stereocenters. The lowest BCUT2D eigenvalue weighted by atomic mass is 9.73. The number of non-ortho nitro benzene ring substituents is 1. The average Bonchev–Trinajstić information content (AvgIpc) is 2.89. The predicted octanol–water partition coefficient (Wildman–Crippen LogP) is 2.46. The summed E-state index contributed by atoms with van der Waals surface area (Å²) in [7, 11) is 0. The first kappa shape index (κ1) is 17.7. The zero-order valence-corrected chi connectivity index (χ0v) is 15.0. The Hall–Kier alpha value is -2.68. The maximum Gasteiger partial charge on any atom is 0.325 e. The summed E-state index contributed by atoms with van der Waals surface area (Å²) in [6.45, 7) is 2.13. The predicted molar refractivity (Wildman–Crippen MR) is 92.8 cm³/mol. The highest BCUT2D eigenvalue weighted by Gasteiger charge is 2.54. The molecule has 4 rings (SSSR count). The number of imide groups is 1. The Morgan fingerprint density at radius 1 is 1.37 bits per heavy atom. The van der Waals surface area contributed by atoms with Crippen molar-refractivity contribution in [2.45, 2.75) is 51.3 Å². The van der Waals surface area contributed by atoms with Gasteiger partial charge in [-0.15, -0.1) is 0 Å². The SMILES string of the molecule is C[C@@H]1CCCC[C@@]12NC(=O)N(Cc1cc([N+](=O)[O-])cc3c1OCOC3)C2=O. The second-order valence-electron chi connectivity index (χ2n) is 7.40. The second-order valence-corrected chi connectivity index (χ2v) is 7.40. The van der Waals surface area contributed by atoms with E-state index >= 15 is 0 Å². The summed E-state index contributed by atoms with van der Waals surface area (Å²) >= 11 is 0. The molecule has 2 aliphatic heterocycles. The minimum atomic E-state index is -0.861. The van der Waals surface area contributed by atoms with Crippen molar-refractivity contribution in [1.82, 2.24) is 10.2 Å². The number of hydrogen-bond acceptors (Lipinski definition) is 6. The minimum absolute atomic E-state index is 0.0267. The molecule has 3 amide bonds. The highest BCUT2D eigenvalue weighted by molar-refractivity contribution is 6.07. The molecule has 0 radical (unpaired) electrons. The van der Waals surface area contributed by atoms with E-state index < -0.39 is 16.5 Å². The van der Waals surface area contributed by atoms with Gasteiger partial charge in [-0.3, -0.25) is 19.8 Å². The number of rotatable bonds is 3. The van der Waals surface area contributed by atoms with E-state index in [4.69, 9.17) is 9.47 Å². The van der Waals surface area contributed by atoms with Gasteiger partial charge >= 0.3 is 6.03 Å². The summed E-state index contributed by atoms with van der Waals surface area (Å²) in [5.41, 5.74) is -0.00417. The van der Waals surface area contributed by atoms with Crippen LogP contribution in [0.25, 0.3) is 0 Å². The van der Waals surface area contributed by atoms with Crippen molar-refractivity contribution >= 4 is 17.6 Å². The van der Waals surface area contributed by atoms with Crippen molar-refractivity contribution in [1.29, 1.82) is 0 Å². The molecule has 1 spiro atoms. The molecule has 1 aromatic rings. The number of benzene rings is 1. The number of hydrogen-bond donors (Lipinski definition) is 1. The van der Waals surface area contributed by atoms with E-state index in [0.29, 0.717) is 23.3 Å². The number of urea groups is 1. The molecular weight excluding hydrogens is 354 g/mol. The summed E-state index contributed by atoms with van der Waals surface area (Å²) in [6.07, 6.45) is 3.42. The maximum atomic E-state index is 13.1. The molecule has 27 heavy (non-hydrogen) atoms. The Labute approximate surface area is 155 Å². The van der Waals surface area contributed by atoms with Gasteiger partial charge in [-0.2, -0.15) is 0 Å². The van der Waals surface area contributed by atoms with Crippen LogP contribution in [0.2, 0.25) is 0 Å². The van der Waals surface area contributed by atoms with Crippen LogP contribution in [-0.2, 0) is 22.7 Å². The number of nitro groups is 1. The third-order valence-electron chi connectivity index (χ3n) is 5.81. The van der Waals surface area contributed by atoms with E-state index in [1.54, 1.807) is 0 Å². The van der Waals surface area contributed by atoms with Crippen LogP contribution in [0.5, 0.6) is 5.75 Å². The van der Waals surface area contributed by atoms with Crippen molar-refractivity contribution in [3.05, 3.63) is 33.4 Å². The normalized spacial score (nSPS) is 27.3. The molecule has 1 aliphatic carbocycles. The van der Waals surface area contributed by atoms with E-state index in [1.165, 1.54) is 12.1 Å². The lowest BCUT2D eigenvalue weighted by Crippen LogP contribution is -2.53. The third-order valence-corrected chi connectivity index (χ3v) is 5.81. The Bertz CT molecular complexity index is 826. The number of nitro benzene ring substituents is 1. The van der Waals surface area contributed by atoms with Gasteiger partial charge in [0.15, 0.2) is 6.79 Å². The quantitative estimate of drug-likeness (QED) is 0.493. The van der Waals surface area contributed by atoms with E-state index in [0.717, 1.165) is 24.2 Å². The highest BCUT2D eigenvalue weighted by Crippen LogP contribution is 2.40. The van der Waals surface area contributed by atoms with E-state index in [2.05, 4.69) is 5.32 Å². The lowest BCUT2D eigenvalue weighted by Gasteiger charge is -2.36. The molecule has 144 valence electrons. The van der Waals surface area contributed by atoms with Crippen LogP contribution < -0.4 is 10.1 Å². The Morgan fingerprint density at radius 2 is 2.19 bits per heavy atom. The summed E-state index contributed by atoms with van der Waals surface area (Å²) in [5.74, 6) is 0.244. The summed E-state index contributed by atoms with van der Waals surface area (Å²) in [5, 5.41) is 14.1. The van der Waals surface area contributed by atoms with Gasteiger partial charge in [-0.25, -0.2) is 4.79 Å². The van der Waals surface area contributed by atoms with Crippen molar-refractivity contribution in [3.8, 4) is 5.75 Å². The van der Waals surface area contributed by atoms with Crippen LogP contribution >= 0.6 is 0 Å². The van der Waals surface area contributed by atoms with Gasteiger partial charge in [0.2, 0.25) is 0 Å². The molecule has 9 heteroatoms. The van der Waals surface area contributed by atoms with Crippen LogP contribution in [0.3, 0.4) is 0 Å². The zero-order chi connectivity index (χ0) is 19.2. The van der Waals surface area contributed by atoms with Gasteiger partial charge in [0.05, 0.1) is 18.1 Å². The van der Waals surface area contributed by atoms with Crippen molar-refractivity contribution in [2.24, 2.45) is 5.92 Å². The number of ether oxygens (including phenoxy) is 2. The number of carbonyl (C=O) groups is 2. The van der Waals surface area contributed by atoms with Crippen molar-refractivity contribution in [2.75, 3.05) is 6.79 Å². The summed E-state index contributed by atoms with van der Waals surface area (Å²) < 4.78 is 10.7. The molecule has 0 aromatic heterocycles. The minimum Gasteiger partial charge on any atom is -0.467 e.